The highest BCUT2D eigenvalue weighted by Crippen LogP contribution is 2.28. The molecule has 3 aromatic rings. The Morgan fingerprint density at radius 1 is 1.14 bits per heavy atom. The number of aryl methyl sites for hydroxylation is 2. The van der Waals surface area contributed by atoms with Gasteiger partial charge >= 0.3 is 5.63 Å². The SMILES string of the molecule is Cc1c([NH+]([O-])O)c(=O)oc2c(C)c3occc(=O)c3cc12. The molecule has 0 bridgehead atoms. The largest absolute Gasteiger partial charge is 0.595 e. The van der Waals surface area contributed by atoms with E-state index in [1.807, 2.05) is 0 Å². The Morgan fingerprint density at radius 2 is 1.86 bits per heavy atom. The van der Waals surface area contributed by atoms with Crippen molar-refractivity contribution in [3.8, 4) is 0 Å². The van der Waals surface area contributed by atoms with Crippen LogP contribution in [0.5, 0.6) is 0 Å². The van der Waals surface area contributed by atoms with Crippen molar-refractivity contribution in [3.05, 3.63) is 55.4 Å². The molecule has 108 valence electrons. The van der Waals surface area contributed by atoms with Gasteiger partial charge in [0, 0.05) is 22.6 Å². The number of fused-ring (bicyclic) bond motifs is 2. The van der Waals surface area contributed by atoms with Gasteiger partial charge in [-0.1, -0.05) is 0 Å². The summed E-state index contributed by atoms with van der Waals surface area (Å²) in [6, 6.07) is 2.77. The first-order chi connectivity index (χ1) is 9.91. The maximum atomic E-state index is 11.9. The zero-order valence-corrected chi connectivity index (χ0v) is 11.2. The summed E-state index contributed by atoms with van der Waals surface area (Å²) in [5.41, 5.74) is -0.303. The number of benzene rings is 1. The van der Waals surface area contributed by atoms with Gasteiger partial charge in [-0.05, 0) is 19.9 Å². The van der Waals surface area contributed by atoms with Gasteiger partial charge in [0.2, 0.25) is 0 Å². The Kier molecular flexibility index (Phi) is 2.91. The van der Waals surface area contributed by atoms with Gasteiger partial charge in [-0.25, -0.2) is 10.0 Å². The van der Waals surface area contributed by atoms with Gasteiger partial charge in [0.15, 0.2) is 5.43 Å². The Balaban J connectivity index is 2.62. The van der Waals surface area contributed by atoms with Crippen LogP contribution in [0.3, 0.4) is 0 Å². The monoisotopic (exact) mass is 289 g/mol. The molecular weight excluding hydrogens is 278 g/mol. The molecular formula is C14H11NO6. The summed E-state index contributed by atoms with van der Waals surface area (Å²) >= 11 is 0. The quantitative estimate of drug-likeness (QED) is 0.392. The third-order valence-electron chi connectivity index (χ3n) is 3.52. The third-order valence-corrected chi connectivity index (χ3v) is 3.52. The number of hydrogen-bond donors (Lipinski definition) is 2. The normalized spacial score (nSPS) is 13.0. The molecule has 0 aliphatic rings. The van der Waals surface area contributed by atoms with Crippen molar-refractivity contribution in [3.63, 3.8) is 0 Å². The van der Waals surface area contributed by atoms with E-state index in [1.54, 1.807) is 6.92 Å². The molecule has 2 N–H and O–H groups in total. The molecule has 0 amide bonds. The maximum absolute atomic E-state index is 11.9. The summed E-state index contributed by atoms with van der Waals surface area (Å²) in [5.74, 6) is 0. The molecule has 0 saturated carbocycles. The smallest absolute Gasteiger partial charge is 0.402 e. The first-order valence-electron chi connectivity index (χ1n) is 6.13. The summed E-state index contributed by atoms with van der Waals surface area (Å²) < 4.78 is 10.4. The molecule has 0 radical (unpaired) electrons. The average Bonchev–Trinajstić information content (AvgIpc) is 2.41. The molecule has 0 aliphatic carbocycles. The topological polar surface area (TPSA) is 108 Å². The molecule has 2 aromatic heterocycles. The standard InChI is InChI=1S/C14H11NO6/c1-6-8-5-9-10(16)3-4-20-12(9)7(2)13(8)21-14(17)11(6)15(18)19/h3-5,15,18H,1-2H3. The molecule has 0 spiro atoms. The average molecular weight is 289 g/mol. The maximum Gasteiger partial charge on any atom is 0.402 e. The van der Waals surface area contributed by atoms with Crippen molar-refractivity contribution >= 4 is 27.6 Å². The molecule has 3 rings (SSSR count). The molecule has 0 fully saturated rings. The van der Waals surface area contributed by atoms with Crippen LogP contribution < -0.4 is 16.3 Å². The zero-order valence-electron chi connectivity index (χ0n) is 11.2. The third kappa shape index (κ3) is 1.87. The summed E-state index contributed by atoms with van der Waals surface area (Å²) in [6.07, 6.45) is 1.26. The number of nitrogens with one attached hydrogen (secondary N) is 1. The van der Waals surface area contributed by atoms with Gasteiger partial charge in [-0.2, -0.15) is 5.23 Å². The van der Waals surface area contributed by atoms with Crippen molar-refractivity contribution in [1.82, 2.24) is 0 Å². The van der Waals surface area contributed by atoms with E-state index in [-0.39, 0.29) is 16.6 Å². The predicted molar refractivity (Wildman–Crippen MR) is 73.8 cm³/mol. The fraction of sp³-hybridized carbons (Fsp3) is 0.143. The lowest BCUT2D eigenvalue weighted by Crippen LogP contribution is -3.00. The van der Waals surface area contributed by atoms with Crippen molar-refractivity contribution < 1.29 is 19.3 Å². The van der Waals surface area contributed by atoms with Crippen LogP contribution in [0.1, 0.15) is 11.1 Å². The lowest BCUT2D eigenvalue weighted by atomic mass is 10.0. The summed E-state index contributed by atoms with van der Waals surface area (Å²) in [7, 11) is 0. The predicted octanol–water partition coefficient (Wildman–Crippen LogP) is 0.920. The molecule has 1 unspecified atom stereocenters. The van der Waals surface area contributed by atoms with E-state index in [1.165, 1.54) is 25.3 Å². The minimum absolute atomic E-state index is 0.226. The van der Waals surface area contributed by atoms with Crippen LogP contribution in [0.25, 0.3) is 21.9 Å². The highest BCUT2D eigenvalue weighted by Gasteiger charge is 2.20. The van der Waals surface area contributed by atoms with Crippen molar-refractivity contribution in [2.45, 2.75) is 13.8 Å². The van der Waals surface area contributed by atoms with E-state index in [0.29, 0.717) is 21.9 Å². The molecule has 7 nitrogen and oxygen atoms in total. The minimum atomic E-state index is -1.36. The van der Waals surface area contributed by atoms with Crippen molar-refractivity contribution in [2.24, 2.45) is 0 Å². The molecule has 0 saturated heterocycles. The molecule has 2 heterocycles. The van der Waals surface area contributed by atoms with Crippen LogP contribution in [0.15, 0.2) is 36.8 Å². The molecule has 0 aliphatic heterocycles. The molecule has 7 heteroatoms. The van der Waals surface area contributed by atoms with Gasteiger partial charge in [0.1, 0.15) is 11.2 Å². The van der Waals surface area contributed by atoms with Gasteiger partial charge in [0.25, 0.3) is 5.69 Å². The first-order valence-corrected chi connectivity index (χ1v) is 6.13. The summed E-state index contributed by atoms with van der Waals surface area (Å²) in [5, 5.41) is 19.6. The fourth-order valence-electron chi connectivity index (χ4n) is 2.46. The number of quaternary nitrogens is 1. The first kappa shape index (κ1) is 13.5. The Labute approximate surface area is 117 Å². The van der Waals surface area contributed by atoms with Crippen LogP contribution in [0.4, 0.5) is 5.69 Å². The number of rotatable bonds is 1. The van der Waals surface area contributed by atoms with E-state index in [2.05, 4.69) is 0 Å². The van der Waals surface area contributed by atoms with E-state index in [4.69, 9.17) is 14.0 Å². The Bertz CT molecular complexity index is 983. The summed E-state index contributed by atoms with van der Waals surface area (Å²) in [4.78, 5) is 23.7. The number of hydrogen-bond acceptors (Lipinski definition) is 6. The van der Waals surface area contributed by atoms with Gasteiger partial charge < -0.3 is 14.0 Å². The van der Waals surface area contributed by atoms with Gasteiger partial charge in [-0.15, -0.1) is 0 Å². The lowest BCUT2D eigenvalue weighted by molar-refractivity contribution is -0.992. The molecule has 1 aromatic carbocycles. The van der Waals surface area contributed by atoms with E-state index >= 15 is 0 Å². The highest BCUT2D eigenvalue weighted by atomic mass is 16.8. The van der Waals surface area contributed by atoms with Crippen LogP contribution >= 0.6 is 0 Å². The van der Waals surface area contributed by atoms with E-state index in [0.717, 1.165) is 0 Å². The van der Waals surface area contributed by atoms with E-state index < -0.39 is 16.5 Å². The summed E-state index contributed by atoms with van der Waals surface area (Å²) in [6.45, 7) is 3.16. The van der Waals surface area contributed by atoms with Gasteiger partial charge in [-0.3, -0.25) is 4.79 Å². The van der Waals surface area contributed by atoms with E-state index in [9.17, 15) is 14.8 Å². The Hall–Kier alpha value is -2.48. The minimum Gasteiger partial charge on any atom is -0.595 e. The lowest BCUT2D eigenvalue weighted by Gasteiger charge is -2.14. The second-order valence-corrected chi connectivity index (χ2v) is 4.73. The van der Waals surface area contributed by atoms with Crippen LogP contribution in [0.2, 0.25) is 0 Å². The van der Waals surface area contributed by atoms with Crippen LogP contribution in [-0.4, -0.2) is 5.21 Å². The Morgan fingerprint density at radius 3 is 2.52 bits per heavy atom. The highest BCUT2D eigenvalue weighted by molar-refractivity contribution is 5.98. The second-order valence-electron chi connectivity index (χ2n) is 4.73. The second kappa shape index (κ2) is 4.52. The van der Waals surface area contributed by atoms with Gasteiger partial charge in [0.05, 0.1) is 11.6 Å². The zero-order chi connectivity index (χ0) is 15.3. The molecule has 1 atom stereocenters. The van der Waals surface area contributed by atoms with Crippen LogP contribution in [0, 0.1) is 19.1 Å². The van der Waals surface area contributed by atoms with Crippen molar-refractivity contribution in [1.29, 1.82) is 0 Å². The molecule has 21 heavy (non-hydrogen) atoms. The van der Waals surface area contributed by atoms with Crippen LogP contribution in [-0.2, 0) is 0 Å². The fourth-order valence-corrected chi connectivity index (χ4v) is 2.46. The van der Waals surface area contributed by atoms with Crippen molar-refractivity contribution in [2.75, 3.05) is 0 Å².